The van der Waals surface area contributed by atoms with E-state index >= 15 is 0 Å². The average molecular weight is 307 g/mol. The Balaban J connectivity index is 2.15. The predicted octanol–water partition coefficient (Wildman–Crippen LogP) is 2.76. The fraction of sp³-hybridized carbons (Fsp3) is 0.357. The molecule has 2 aromatic rings. The number of aromatic nitrogens is 2. The highest BCUT2D eigenvalue weighted by atomic mass is 32.1. The van der Waals surface area contributed by atoms with E-state index in [9.17, 15) is 4.79 Å². The summed E-state index contributed by atoms with van der Waals surface area (Å²) in [7, 11) is 1.54. The van der Waals surface area contributed by atoms with E-state index in [0.29, 0.717) is 28.8 Å². The van der Waals surface area contributed by atoms with Gasteiger partial charge in [-0.25, -0.2) is 0 Å². The van der Waals surface area contributed by atoms with E-state index in [2.05, 4.69) is 15.5 Å². The van der Waals surface area contributed by atoms with Crippen LogP contribution in [0.2, 0.25) is 0 Å². The SMILES string of the molecule is CCOc1ccc(C(=O)Nc2nnc(CC)s2)cc1OC. The van der Waals surface area contributed by atoms with Crippen molar-refractivity contribution >= 4 is 22.4 Å². The van der Waals surface area contributed by atoms with Crippen molar-refractivity contribution in [3.05, 3.63) is 28.8 Å². The zero-order valence-electron chi connectivity index (χ0n) is 12.2. The van der Waals surface area contributed by atoms with Gasteiger partial charge in [0.2, 0.25) is 5.13 Å². The maximum absolute atomic E-state index is 12.2. The van der Waals surface area contributed by atoms with Crippen molar-refractivity contribution in [1.82, 2.24) is 10.2 Å². The lowest BCUT2D eigenvalue weighted by Crippen LogP contribution is -2.12. The summed E-state index contributed by atoms with van der Waals surface area (Å²) in [6.07, 6.45) is 0.796. The molecule has 0 radical (unpaired) electrons. The second-order valence-corrected chi connectivity index (χ2v) is 5.17. The number of carbonyl (C=O) groups excluding carboxylic acids is 1. The summed E-state index contributed by atoms with van der Waals surface area (Å²) in [6, 6.07) is 5.04. The van der Waals surface area contributed by atoms with Gasteiger partial charge in [0.1, 0.15) is 5.01 Å². The number of ether oxygens (including phenoxy) is 2. The Hall–Kier alpha value is -2.15. The Morgan fingerprint density at radius 1 is 1.29 bits per heavy atom. The number of hydrogen-bond acceptors (Lipinski definition) is 6. The molecule has 0 fully saturated rings. The molecule has 0 saturated carbocycles. The summed E-state index contributed by atoms with van der Waals surface area (Å²) in [5, 5.41) is 12.0. The van der Waals surface area contributed by atoms with Gasteiger partial charge in [-0.2, -0.15) is 0 Å². The summed E-state index contributed by atoms with van der Waals surface area (Å²) >= 11 is 1.37. The summed E-state index contributed by atoms with van der Waals surface area (Å²) < 4.78 is 10.7. The summed E-state index contributed by atoms with van der Waals surface area (Å²) in [6.45, 7) is 4.41. The second kappa shape index (κ2) is 7.03. The fourth-order valence-corrected chi connectivity index (χ4v) is 2.37. The van der Waals surface area contributed by atoms with Crippen LogP contribution < -0.4 is 14.8 Å². The van der Waals surface area contributed by atoms with Gasteiger partial charge in [0, 0.05) is 5.56 Å². The molecule has 6 nitrogen and oxygen atoms in total. The molecule has 1 N–H and O–H groups in total. The molecule has 0 spiro atoms. The van der Waals surface area contributed by atoms with E-state index < -0.39 is 0 Å². The quantitative estimate of drug-likeness (QED) is 0.888. The van der Waals surface area contributed by atoms with Crippen molar-refractivity contribution in [3.8, 4) is 11.5 Å². The molecule has 0 aliphatic carbocycles. The Morgan fingerprint density at radius 2 is 2.10 bits per heavy atom. The van der Waals surface area contributed by atoms with Crippen LogP contribution in [-0.4, -0.2) is 29.8 Å². The van der Waals surface area contributed by atoms with Gasteiger partial charge < -0.3 is 9.47 Å². The molecule has 0 atom stereocenters. The topological polar surface area (TPSA) is 73.3 Å². The largest absolute Gasteiger partial charge is 0.493 e. The van der Waals surface area contributed by atoms with Crippen molar-refractivity contribution < 1.29 is 14.3 Å². The Labute approximate surface area is 127 Å². The van der Waals surface area contributed by atoms with Crippen LogP contribution in [0.1, 0.15) is 29.2 Å². The summed E-state index contributed by atoms with van der Waals surface area (Å²) in [4.78, 5) is 12.2. The number of nitrogens with zero attached hydrogens (tertiary/aromatic N) is 2. The molecule has 0 unspecified atom stereocenters. The van der Waals surface area contributed by atoms with Gasteiger partial charge in [0.15, 0.2) is 11.5 Å². The lowest BCUT2D eigenvalue weighted by atomic mass is 10.2. The van der Waals surface area contributed by atoms with Crippen LogP contribution >= 0.6 is 11.3 Å². The molecule has 0 aliphatic rings. The molecule has 0 saturated heterocycles. The van der Waals surface area contributed by atoms with Crippen LogP contribution in [0, 0.1) is 0 Å². The smallest absolute Gasteiger partial charge is 0.257 e. The molecular weight excluding hydrogens is 290 g/mol. The molecule has 112 valence electrons. The Bertz CT molecular complexity index is 628. The van der Waals surface area contributed by atoms with Crippen molar-refractivity contribution in [2.45, 2.75) is 20.3 Å². The summed E-state index contributed by atoms with van der Waals surface area (Å²) in [5.41, 5.74) is 0.476. The number of hydrogen-bond donors (Lipinski definition) is 1. The molecule has 1 heterocycles. The zero-order valence-corrected chi connectivity index (χ0v) is 13.0. The number of methoxy groups -OCH3 is 1. The number of nitrogens with one attached hydrogen (secondary N) is 1. The molecule has 1 aromatic carbocycles. The van der Waals surface area contributed by atoms with Gasteiger partial charge >= 0.3 is 0 Å². The molecule has 0 aliphatic heterocycles. The van der Waals surface area contributed by atoms with Crippen molar-refractivity contribution in [2.24, 2.45) is 0 Å². The molecule has 1 aromatic heterocycles. The molecule has 21 heavy (non-hydrogen) atoms. The maximum atomic E-state index is 12.2. The van der Waals surface area contributed by atoms with Gasteiger partial charge in [-0.15, -0.1) is 10.2 Å². The van der Waals surface area contributed by atoms with Crippen LogP contribution in [0.4, 0.5) is 5.13 Å². The Kier molecular flexibility index (Phi) is 5.10. The third kappa shape index (κ3) is 3.69. The zero-order chi connectivity index (χ0) is 15.2. The van der Waals surface area contributed by atoms with Gasteiger partial charge in [-0.05, 0) is 31.5 Å². The standard InChI is InChI=1S/C14H17N3O3S/c1-4-12-16-17-14(21-12)15-13(18)9-6-7-10(20-5-2)11(8-9)19-3/h6-8H,4-5H2,1-3H3,(H,15,17,18). The van der Waals surface area contributed by atoms with Crippen LogP contribution in [0.5, 0.6) is 11.5 Å². The van der Waals surface area contributed by atoms with E-state index in [-0.39, 0.29) is 5.91 Å². The van der Waals surface area contributed by atoms with Crippen molar-refractivity contribution in [2.75, 3.05) is 19.0 Å². The second-order valence-electron chi connectivity index (χ2n) is 4.11. The third-order valence-corrected chi connectivity index (χ3v) is 3.70. The number of rotatable bonds is 6. The molecule has 7 heteroatoms. The average Bonchev–Trinajstić information content (AvgIpc) is 2.95. The lowest BCUT2D eigenvalue weighted by Gasteiger charge is -2.10. The first-order valence-electron chi connectivity index (χ1n) is 6.62. The Morgan fingerprint density at radius 3 is 2.71 bits per heavy atom. The normalized spacial score (nSPS) is 10.2. The minimum atomic E-state index is -0.254. The first-order chi connectivity index (χ1) is 10.2. The minimum absolute atomic E-state index is 0.254. The summed E-state index contributed by atoms with van der Waals surface area (Å²) in [5.74, 6) is 0.881. The first kappa shape index (κ1) is 15.2. The first-order valence-corrected chi connectivity index (χ1v) is 7.44. The van der Waals surface area contributed by atoms with Gasteiger partial charge in [0.05, 0.1) is 13.7 Å². The van der Waals surface area contributed by atoms with Gasteiger partial charge in [0.25, 0.3) is 5.91 Å². The minimum Gasteiger partial charge on any atom is -0.493 e. The monoisotopic (exact) mass is 307 g/mol. The van der Waals surface area contributed by atoms with Crippen LogP contribution in [0.15, 0.2) is 18.2 Å². The highest BCUT2D eigenvalue weighted by Gasteiger charge is 2.13. The van der Waals surface area contributed by atoms with Crippen LogP contribution in [0.25, 0.3) is 0 Å². The van der Waals surface area contributed by atoms with E-state index in [0.717, 1.165) is 11.4 Å². The predicted molar refractivity (Wildman–Crippen MR) is 81.4 cm³/mol. The van der Waals surface area contributed by atoms with Crippen LogP contribution in [-0.2, 0) is 6.42 Å². The van der Waals surface area contributed by atoms with E-state index in [1.165, 1.54) is 18.4 Å². The number of benzene rings is 1. The van der Waals surface area contributed by atoms with Crippen LogP contribution in [0.3, 0.4) is 0 Å². The molecular formula is C14H17N3O3S. The lowest BCUT2D eigenvalue weighted by molar-refractivity contribution is 0.102. The van der Waals surface area contributed by atoms with Gasteiger partial charge in [-0.3, -0.25) is 10.1 Å². The number of amides is 1. The van der Waals surface area contributed by atoms with E-state index in [1.54, 1.807) is 18.2 Å². The van der Waals surface area contributed by atoms with E-state index in [4.69, 9.17) is 9.47 Å². The third-order valence-electron chi connectivity index (χ3n) is 2.72. The highest BCUT2D eigenvalue weighted by Crippen LogP contribution is 2.28. The maximum Gasteiger partial charge on any atom is 0.257 e. The molecule has 2 rings (SSSR count). The van der Waals surface area contributed by atoms with Gasteiger partial charge in [-0.1, -0.05) is 18.3 Å². The van der Waals surface area contributed by atoms with E-state index in [1.807, 2.05) is 13.8 Å². The van der Waals surface area contributed by atoms with Crippen molar-refractivity contribution in [3.63, 3.8) is 0 Å². The highest BCUT2D eigenvalue weighted by molar-refractivity contribution is 7.15. The number of anilines is 1. The fourth-order valence-electron chi connectivity index (χ4n) is 1.70. The molecule has 0 bridgehead atoms. The number of carbonyl (C=O) groups is 1. The van der Waals surface area contributed by atoms with Crippen molar-refractivity contribution in [1.29, 1.82) is 0 Å². The number of aryl methyl sites for hydroxylation is 1. The molecule has 1 amide bonds.